The molecule has 0 bridgehead atoms. The lowest BCUT2D eigenvalue weighted by atomic mass is 10.1. The van der Waals surface area contributed by atoms with Crippen LogP contribution in [0.3, 0.4) is 0 Å². The monoisotopic (exact) mass is 458 g/mol. The standard InChI is InChI=1S/C23H47N4O3P/c1-5-7-8-9-10-11-12-13-14-15-16-26-18-17-25(3)23(26)24-31(28,29-4)27-19-20-30-22(6-2)21-27/h22H,5-21H2,1-4H3/b24-23-/t22-,31?/m0/s1. The second-order valence-electron chi connectivity index (χ2n) is 8.98. The van der Waals surface area contributed by atoms with Crippen molar-refractivity contribution >= 4 is 13.6 Å². The second kappa shape index (κ2) is 14.5. The largest absolute Gasteiger partial charge is 0.392 e. The van der Waals surface area contributed by atoms with E-state index in [1.165, 1.54) is 64.9 Å². The summed E-state index contributed by atoms with van der Waals surface area (Å²) in [5.41, 5.74) is 0. The van der Waals surface area contributed by atoms with Crippen molar-refractivity contribution in [3.8, 4) is 0 Å². The summed E-state index contributed by atoms with van der Waals surface area (Å²) in [4.78, 5) is 4.40. The van der Waals surface area contributed by atoms with Crippen molar-refractivity contribution in [3.05, 3.63) is 0 Å². The number of morpholine rings is 1. The van der Waals surface area contributed by atoms with E-state index >= 15 is 0 Å². The maximum absolute atomic E-state index is 13.6. The van der Waals surface area contributed by atoms with Crippen LogP contribution in [-0.4, -0.2) is 80.0 Å². The zero-order chi connectivity index (χ0) is 22.5. The average Bonchev–Trinajstić information content (AvgIpc) is 3.13. The maximum atomic E-state index is 13.6. The lowest BCUT2D eigenvalue weighted by Gasteiger charge is -2.35. The Morgan fingerprint density at radius 3 is 2.26 bits per heavy atom. The molecule has 2 saturated heterocycles. The highest BCUT2D eigenvalue weighted by atomic mass is 31.2. The zero-order valence-corrected chi connectivity index (χ0v) is 21.5. The Balaban J connectivity index is 1.79. The highest BCUT2D eigenvalue weighted by molar-refractivity contribution is 7.55. The highest BCUT2D eigenvalue weighted by Crippen LogP contribution is 2.53. The lowest BCUT2D eigenvalue weighted by Crippen LogP contribution is -2.41. The van der Waals surface area contributed by atoms with Crippen LogP contribution in [0.1, 0.15) is 84.5 Å². The molecule has 2 aliphatic heterocycles. The van der Waals surface area contributed by atoms with Gasteiger partial charge in [-0.2, -0.15) is 4.76 Å². The predicted molar refractivity (Wildman–Crippen MR) is 130 cm³/mol. The van der Waals surface area contributed by atoms with E-state index in [2.05, 4.69) is 23.6 Å². The van der Waals surface area contributed by atoms with Crippen LogP contribution >= 0.6 is 7.67 Å². The molecule has 0 amide bonds. The number of nitrogens with zero attached hydrogens (tertiary/aromatic N) is 4. The number of rotatable bonds is 15. The van der Waals surface area contributed by atoms with Gasteiger partial charge in [0, 0.05) is 46.9 Å². The van der Waals surface area contributed by atoms with Gasteiger partial charge in [-0.1, -0.05) is 71.6 Å². The fourth-order valence-corrected chi connectivity index (χ4v) is 6.03. The van der Waals surface area contributed by atoms with Gasteiger partial charge in [-0.05, 0) is 12.8 Å². The number of unbranched alkanes of at least 4 members (excludes halogenated alkanes) is 9. The molecule has 8 heteroatoms. The molecule has 0 radical (unpaired) electrons. The molecule has 31 heavy (non-hydrogen) atoms. The fraction of sp³-hybridized carbons (Fsp3) is 0.957. The molecule has 2 atom stereocenters. The molecule has 0 aliphatic carbocycles. The van der Waals surface area contributed by atoms with Crippen LogP contribution in [-0.2, 0) is 13.8 Å². The van der Waals surface area contributed by atoms with Crippen LogP contribution in [0, 0.1) is 0 Å². The van der Waals surface area contributed by atoms with Crippen LogP contribution in [0.4, 0.5) is 0 Å². The Morgan fingerprint density at radius 1 is 1.00 bits per heavy atom. The Kier molecular flexibility index (Phi) is 12.5. The summed E-state index contributed by atoms with van der Waals surface area (Å²) >= 11 is 0. The van der Waals surface area contributed by atoms with Gasteiger partial charge in [0.05, 0.1) is 12.7 Å². The summed E-state index contributed by atoms with van der Waals surface area (Å²) in [5, 5.41) is 0. The van der Waals surface area contributed by atoms with Crippen LogP contribution in [0.5, 0.6) is 0 Å². The molecule has 2 heterocycles. The molecule has 7 nitrogen and oxygen atoms in total. The van der Waals surface area contributed by atoms with Crippen molar-refractivity contribution in [3.63, 3.8) is 0 Å². The molecule has 0 aromatic heterocycles. The first-order valence-electron chi connectivity index (χ1n) is 12.6. The predicted octanol–water partition coefficient (Wildman–Crippen LogP) is 5.38. The van der Waals surface area contributed by atoms with E-state index in [0.717, 1.165) is 38.4 Å². The smallest absolute Gasteiger partial charge is 0.376 e. The van der Waals surface area contributed by atoms with E-state index in [0.29, 0.717) is 19.7 Å². The van der Waals surface area contributed by atoms with Crippen molar-refractivity contribution < 1.29 is 13.8 Å². The zero-order valence-electron chi connectivity index (χ0n) is 20.6. The molecule has 0 spiro atoms. The quantitative estimate of drug-likeness (QED) is 0.243. The molecule has 0 aromatic carbocycles. The number of hydrogen-bond acceptors (Lipinski definition) is 3. The number of hydrogen-bond donors (Lipinski definition) is 0. The first-order chi connectivity index (χ1) is 15.0. The summed E-state index contributed by atoms with van der Waals surface area (Å²) in [5.74, 6) is 0.820. The molecule has 182 valence electrons. The minimum Gasteiger partial charge on any atom is -0.376 e. The molecule has 2 rings (SSSR count). The van der Waals surface area contributed by atoms with Gasteiger partial charge in [0.2, 0.25) is 5.96 Å². The van der Waals surface area contributed by atoms with E-state index < -0.39 is 7.67 Å². The first-order valence-corrected chi connectivity index (χ1v) is 14.2. The minimum absolute atomic E-state index is 0.0986. The van der Waals surface area contributed by atoms with Gasteiger partial charge in [-0.25, -0.2) is 9.24 Å². The van der Waals surface area contributed by atoms with Crippen LogP contribution in [0.15, 0.2) is 4.76 Å². The van der Waals surface area contributed by atoms with Crippen molar-refractivity contribution in [1.29, 1.82) is 0 Å². The van der Waals surface area contributed by atoms with Gasteiger partial charge >= 0.3 is 7.67 Å². The topological polar surface area (TPSA) is 57.6 Å². The number of likely N-dealkylation sites (N-methyl/N-ethyl adjacent to an activating group) is 1. The highest BCUT2D eigenvalue weighted by Gasteiger charge is 2.37. The summed E-state index contributed by atoms with van der Waals surface area (Å²) in [6.07, 6.45) is 14.3. The van der Waals surface area contributed by atoms with Gasteiger partial charge in [-0.15, -0.1) is 0 Å². The van der Waals surface area contributed by atoms with Gasteiger partial charge in [0.1, 0.15) is 0 Å². The van der Waals surface area contributed by atoms with Gasteiger partial charge in [-0.3, -0.25) is 0 Å². The molecule has 2 aliphatic rings. The molecule has 1 unspecified atom stereocenters. The second-order valence-corrected chi connectivity index (χ2v) is 11.1. The average molecular weight is 459 g/mol. The molecular formula is C23H47N4O3P. The van der Waals surface area contributed by atoms with Crippen LogP contribution in [0.2, 0.25) is 0 Å². The van der Waals surface area contributed by atoms with E-state index in [4.69, 9.17) is 14.0 Å². The normalized spacial score (nSPS) is 23.6. The first kappa shape index (κ1) is 26.6. The lowest BCUT2D eigenvalue weighted by molar-refractivity contribution is -0.00712. The van der Waals surface area contributed by atoms with Crippen LogP contribution < -0.4 is 0 Å². The van der Waals surface area contributed by atoms with Crippen molar-refractivity contribution in [2.24, 2.45) is 4.76 Å². The van der Waals surface area contributed by atoms with Crippen molar-refractivity contribution in [2.45, 2.75) is 90.6 Å². The third-order valence-electron chi connectivity index (χ3n) is 6.49. The third-order valence-corrected chi connectivity index (χ3v) is 8.48. The molecule has 0 N–H and O–H groups in total. The summed E-state index contributed by atoms with van der Waals surface area (Å²) in [6.45, 7) is 8.99. The maximum Gasteiger partial charge on any atom is 0.392 e. The molecule has 2 fully saturated rings. The van der Waals surface area contributed by atoms with Crippen LogP contribution in [0.25, 0.3) is 0 Å². The van der Waals surface area contributed by atoms with Gasteiger partial charge in [0.15, 0.2) is 0 Å². The molecule has 0 aromatic rings. The Labute approximate surface area is 191 Å². The third kappa shape index (κ3) is 8.68. The van der Waals surface area contributed by atoms with E-state index in [1.807, 2.05) is 11.7 Å². The Bertz CT molecular complexity index is 575. The minimum atomic E-state index is -3.26. The van der Waals surface area contributed by atoms with Crippen molar-refractivity contribution in [1.82, 2.24) is 14.5 Å². The summed E-state index contributed by atoms with van der Waals surface area (Å²) in [6, 6.07) is 0. The Hall–Kier alpha value is -0.620. The van der Waals surface area contributed by atoms with E-state index in [1.54, 1.807) is 0 Å². The van der Waals surface area contributed by atoms with Crippen molar-refractivity contribution in [2.75, 3.05) is 53.5 Å². The summed E-state index contributed by atoms with van der Waals surface area (Å²) < 4.78 is 31.5. The molecule has 0 saturated carbocycles. The Morgan fingerprint density at radius 2 is 1.65 bits per heavy atom. The molecular weight excluding hydrogens is 411 g/mol. The fourth-order valence-electron chi connectivity index (χ4n) is 4.37. The SMILES string of the molecule is CCCCCCCCCCCCN1CCN(C)/C1=N/P(=O)(OC)N1CCO[C@@H](CC)C1. The van der Waals surface area contributed by atoms with E-state index in [-0.39, 0.29) is 6.10 Å². The summed E-state index contributed by atoms with van der Waals surface area (Å²) in [7, 11) is 0.292. The number of guanidine groups is 1. The van der Waals surface area contributed by atoms with Gasteiger partial charge < -0.3 is 19.1 Å². The van der Waals surface area contributed by atoms with Gasteiger partial charge in [0.25, 0.3) is 0 Å². The van der Waals surface area contributed by atoms with E-state index in [9.17, 15) is 4.57 Å². The number of ether oxygens (including phenoxy) is 1.